The molecule has 1 saturated heterocycles. The van der Waals surface area contributed by atoms with E-state index in [0.717, 1.165) is 41.4 Å². The van der Waals surface area contributed by atoms with Gasteiger partial charge in [-0.15, -0.1) is 0 Å². The number of rotatable bonds is 3. The van der Waals surface area contributed by atoms with Crippen LogP contribution in [0.25, 0.3) is 0 Å². The molecule has 1 fully saturated rings. The molecule has 0 saturated carbocycles. The predicted molar refractivity (Wildman–Crippen MR) is 67.4 cm³/mol. The first-order valence-corrected chi connectivity index (χ1v) is 6.13. The number of halogens is 1. The monoisotopic (exact) mass is 239 g/mol. The van der Waals surface area contributed by atoms with Gasteiger partial charge in [0, 0.05) is 5.56 Å². The van der Waals surface area contributed by atoms with Crippen molar-refractivity contribution in [2.75, 3.05) is 20.2 Å². The zero-order valence-electron chi connectivity index (χ0n) is 9.85. The Morgan fingerprint density at radius 3 is 2.94 bits per heavy atom. The molecule has 0 radical (unpaired) electrons. The van der Waals surface area contributed by atoms with Gasteiger partial charge in [-0.25, -0.2) is 0 Å². The summed E-state index contributed by atoms with van der Waals surface area (Å²) >= 11 is 6.36. The van der Waals surface area contributed by atoms with Gasteiger partial charge in [0.15, 0.2) is 0 Å². The Labute approximate surface area is 102 Å². The van der Waals surface area contributed by atoms with Crippen molar-refractivity contribution in [2.24, 2.45) is 5.92 Å². The van der Waals surface area contributed by atoms with Crippen LogP contribution < -0.4 is 10.1 Å². The topological polar surface area (TPSA) is 21.3 Å². The number of hydrogen-bond donors (Lipinski definition) is 1. The zero-order valence-corrected chi connectivity index (χ0v) is 10.6. The average molecular weight is 240 g/mol. The largest absolute Gasteiger partial charge is 0.496 e. The first-order valence-electron chi connectivity index (χ1n) is 5.75. The van der Waals surface area contributed by atoms with Crippen LogP contribution in [-0.4, -0.2) is 20.2 Å². The molecule has 3 heteroatoms. The molecular formula is C13H18ClNO. The van der Waals surface area contributed by atoms with E-state index in [1.807, 2.05) is 19.1 Å². The van der Waals surface area contributed by atoms with Crippen LogP contribution in [0.1, 0.15) is 17.5 Å². The van der Waals surface area contributed by atoms with Crippen LogP contribution in [0.5, 0.6) is 5.75 Å². The smallest absolute Gasteiger partial charge is 0.123 e. The quantitative estimate of drug-likeness (QED) is 0.876. The Bertz CT molecular complexity index is 372. The molecule has 2 rings (SSSR count). The summed E-state index contributed by atoms with van der Waals surface area (Å²) in [4.78, 5) is 0. The fourth-order valence-electron chi connectivity index (χ4n) is 2.28. The van der Waals surface area contributed by atoms with Gasteiger partial charge < -0.3 is 10.1 Å². The van der Waals surface area contributed by atoms with Crippen molar-refractivity contribution in [3.05, 3.63) is 28.3 Å². The predicted octanol–water partition coefficient (Wildman–Crippen LogP) is 2.81. The van der Waals surface area contributed by atoms with Crippen LogP contribution in [0.15, 0.2) is 12.1 Å². The van der Waals surface area contributed by atoms with E-state index in [0.29, 0.717) is 5.92 Å². The van der Waals surface area contributed by atoms with Gasteiger partial charge in [-0.2, -0.15) is 0 Å². The molecule has 1 heterocycles. The summed E-state index contributed by atoms with van der Waals surface area (Å²) in [5, 5.41) is 4.25. The normalized spacial score (nSPS) is 20.1. The van der Waals surface area contributed by atoms with Gasteiger partial charge in [0.25, 0.3) is 0 Å². The van der Waals surface area contributed by atoms with Gasteiger partial charge in [0.1, 0.15) is 5.75 Å². The molecule has 0 aromatic heterocycles. The molecule has 0 amide bonds. The summed E-state index contributed by atoms with van der Waals surface area (Å²) in [6.45, 7) is 4.25. The number of hydrogen-bond acceptors (Lipinski definition) is 2. The minimum absolute atomic E-state index is 0.688. The molecule has 0 bridgehead atoms. The molecule has 1 N–H and O–H groups in total. The highest BCUT2D eigenvalue weighted by Crippen LogP contribution is 2.32. The van der Waals surface area contributed by atoms with Crippen molar-refractivity contribution in [1.82, 2.24) is 5.32 Å². The molecule has 88 valence electrons. The third-order valence-corrected chi connectivity index (χ3v) is 3.79. The standard InChI is InChI=1S/C13H18ClNO/c1-9-3-4-12(16-2)11(13(9)14)7-10-5-6-15-8-10/h3-4,10,15H,5-8H2,1-2H3. The molecule has 1 aromatic rings. The summed E-state index contributed by atoms with van der Waals surface area (Å²) in [7, 11) is 1.71. The minimum Gasteiger partial charge on any atom is -0.496 e. The SMILES string of the molecule is COc1ccc(C)c(Cl)c1CC1CCNC1. The summed E-state index contributed by atoms with van der Waals surface area (Å²) in [5.41, 5.74) is 2.29. The Balaban J connectivity index is 2.25. The number of benzene rings is 1. The average Bonchev–Trinajstić information content (AvgIpc) is 2.78. The third-order valence-electron chi connectivity index (χ3n) is 3.27. The Morgan fingerprint density at radius 2 is 2.31 bits per heavy atom. The fraction of sp³-hybridized carbons (Fsp3) is 0.538. The number of aryl methyl sites for hydroxylation is 1. The molecular weight excluding hydrogens is 222 g/mol. The molecule has 0 spiro atoms. The second kappa shape index (κ2) is 5.07. The summed E-state index contributed by atoms with van der Waals surface area (Å²) in [5.74, 6) is 1.61. The second-order valence-electron chi connectivity index (χ2n) is 4.44. The lowest BCUT2D eigenvalue weighted by molar-refractivity contribution is 0.405. The van der Waals surface area contributed by atoms with Crippen LogP contribution in [0, 0.1) is 12.8 Å². The van der Waals surface area contributed by atoms with Crippen LogP contribution in [-0.2, 0) is 6.42 Å². The molecule has 1 aromatic carbocycles. The van der Waals surface area contributed by atoms with Crippen LogP contribution in [0.2, 0.25) is 5.02 Å². The summed E-state index contributed by atoms with van der Waals surface area (Å²) in [6.07, 6.45) is 2.24. The molecule has 1 unspecified atom stereocenters. The van der Waals surface area contributed by atoms with Gasteiger partial charge in [-0.3, -0.25) is 0 Å². The maximum Gasteiger partial charge on any atom is 0.123 e. The van der Waals surface area contributed by atoms with Crippen molar-refractivity contribution >= 4 is 11.6 Å². The van der Waals surface area contributed by atoms with E-state index >= 15 is 0 Å². The Morgan fingerprint density at radius 1 is 1.50 bits per heavy atom. The first kappa shape index (κ1) is 11.7. The van der Waals surface area contributed by atoms with Gasteiger partial charge in [0.05, 0.1) is 12.1 Å². The van der Waals surface area contributed by atoms with Gasteiger partial charge in [0.2, 0.25) is 0 Å². The molecule has 1 aliphatic rings. The van der Waals surface area contributed by atoms with E-state index in [1.165, 1.54) is 6.42 Å². The molecule has 2 nitrogen and oxygen atoms in total. The van der Waals surface area contributed by atoms with Crippen molar-refractivity contribution in [3.63, 3.8) is 0 Å². The van der Waals surface area contributed by atoms with Crippen molar-refractivity contribution in [2.45, 2.75) is 19.8 Å². The number of nitrogens with one attached hydrogen (secondary N) is 1. The van der Waals surface area contributed by atoms with Crippen molar-refractivity contribution in [1.29, 1.82) is 0 Å². The zero-order chi connectivity index (χ0) is 11.5. The Kier molecular flexibility index (Phi) is 3.72. The lowest BCUT2D eigenvalue weighted by Crippen LogP contribution is -2.11. The van der Waals surface area contributed by atoms with Gasteiger partial charge in [-0.1, -0.05) is 17.7 Å². The second-order valence-corrected chi connectivity index (χ2v) is 4.82. The Hall–Kier alpha value is -0.730. The summed E-state index contributed by atoms with van der Waals surface area (Å²) < 4.78 is 5.39. The number of methoxy groups -OCH3 is 1. The highest BCUT2D eigenvalue weighted by Gasteiger charge is 2.19. The summed E-state index contributed by atoms with van der Waals surface area (Å²) in [6, 6.07) is 4.02. The molecule has 1 aliphatic heterocycles. The lowest BCUT2D eigenvalue weighted by atomic mass is 9.96. The maximum absolute atomic E-state index is 6.36. The minimum atomic E-state index is 0.688. The van der Waals surface area contributed by atoms with E-state index in [-0.39, 0.29) is 0 Å². The highest BCUT2D eigenvalue weighted by atomic mass is 35.5. The van der Waals surface area contributed by atoms with Gasteiger partial charge >= 0.3 is 0 Å². The first-order chi connectivity index (χ1) is 7.72. The van der Waals surface area contributed by atoms with Gasteiger partial charge in [-0.05, 0) is 50.4 Å². The van der Waals surface area contributed by atoms with E-state index in [4.69, 9.17) is 16.3 Å². The van der Waals surface area contributed by atoms with E-state index in [9.17, 15) is 0 Å². The maximum atomic E-state index is 6.36. The molecule has 16 heavy (non-hydrogen) atoms. The third kappa shape index (κ3) is 2.33. The van der Waals surface area contributed by atoms with Crippen molar-refractivity contribution in [3.8, 4) is 5.75 Å². The number of ether oxygens (including phenoxy) is 1. The van der Waals surface area contributed by atoms with E-state index in [1.54, 1.807) is 7.11 Å². The van der Waals surface area contributed by atoms with E-state index in [2.05, 4.69) is 5.32 Å². The van der Waals surface area contributed by atoms with E-state index < -0.39 is 0 Å². The van der Waals surface area contributed by atoms with Crippen LogP contribution in [0.4, 0.5) is 0 Å². The van der Waals surface area contributed by atoms with Crippen molar-refractivity contribution < 1.29 is 4.74 Å². The highest BCUT2D eigenvalue weighted by molar-refractivity contribution is 6.32. The molecule has 1 atom stereocenters. The van der Waals surface area contributed by atoms with Crippen LogP contribution >= 0.6 is 11.6 Å². The fourth-order valence-corrected chi connectivity index (χ4v) is 2.51. The molecule has 0 aliphatic carbocycles. The lowest BCUT2D eigenvalue weighted by Gasteiger charge is -2.15. The van der Waals surface area contributed by atoms with Crippen LogP contribution in [0.3, 0.4) is 0 Å².